The van der Waals surface area contributed by atoms with E-state index >= 15 is 0 Å². The number of nitrogens with one attached hydrogen (secondary N) is 1. The molecule has 0 saturated carbocycles. The maximum atomic E-state index is 10.9. The summed E-state index contributed by atoms with van der Waals surface area (Å²) in [4.78, 5) is 20.3. The molecular weight excluding hydrogens is 340 g/mol. The highest BCUT2D eigenvalue weighted by Gasteiger charge is 2.29. The number of fused-ring (bicyclic) bond motifs is 1. The number of hydrogen-bond acceptors (Lipinski definition) is 4. The fourth-order valence-electron chi connectivity index (χ4n) is 2.68. The van der Waals surface area contributed by atoms with Gasteiger partial charge in [0.05, 0.1) is 11.0 Å². The van der Waals surface area contributed by atoms with Gasteiger partial charge in [-0.3, -0.25) is 4.98 Å². The van der Waals surface area contributed by atoms with E-state index < -0.39 is 11.9 Å². The number of carbonyl (C=O) groups is 1. The standard InChI is InChI=1S/C18H21N3O.CF2O/c1-11-10-19-16(13(3)12(11)2)9-18(4,22)17-20-14-7-5-6-8-15(14)21-17;2-1(3)4/h5-8,10,22H,9H2,1-4H3,(H,20,21);. The Bertz CT molecular complexity index is 899. The number of para-hydroxylation sites is 2. The third kappa shape index (κ3) is 4.49. The molecule has 0 fully saturated rings. The first kappa shape index (κ1) is 19.7. The van der Waals surface area contributed by atoms with Crippen molar-refractivity contribution in [3.63, 3.8) is 0 Å². The first-order valence-corrected chi connectivity index (χ1v) is 8.06. The van der Waals surface area contributed by atoms with Crippen molar-refractivity contribution in [3.8, 4) is 0 Å². The molecular formula is C19H21F2N3O2. The Kier molecular flexibility index (Phi) is 5.82. The molecule has 138 valence electrons. The lowest BCUT2D eigenvalue weighted by atomic mass is 9.94. The summed E-state index contributed by atoms with van der Waals surface area (Å²) in [5.41, 5.74) is 5.16. The van der Waals surface area contributed by atoms with Crippen molar-refractivity contribution in [1.29, 1.82) is 0 Å². The highest BCUT2D eigenvalue weighted by atomic mass is 19.3. The average Bonchev–Trinajstić information content (AvgIpc) is 3.00. The van der Waals surface area contributed by atoms with Gasteiger partial charge >= 0.3 is 6.29 Å². The molecule has 3 rings (SSSR count). The van der Waals surface area contributed by atoms with Gasteiger partial charge < -0.3 is 10.1 Å². The molecule has 0 saturated heterocycles. The summed E-state index contributed by atoms with van der Waals surface area (Å²) in [5.74, 6) is 0.577. The zero-order valence-electron chi connectivity index (χ0n) is 15.1. The average molecular weight is 361 g/mol. The quantitative estimate of drug-likeness (QED) is 0.679. The normalized spacial score (nSPS) is 13.0. The number of benzene rings is 1. The number of carbonyl (C=O) groups excluding carboxylic acids is 1. The number of hydrogen-bond donors (Lipinski definition) is 2. The molecule has 1 unspecified atom stereocenters. The van der Waals surface area contributed by atoms with E-state index in [2.05, 4.69) is 35.7 Å². The lowest BCUT2D eigenvalue weighted by molar-refractivity contribution is 0.0481. The molecule has 7 heteroatoms. The number of pyridine rings is 1. The highest BCUT2D eigenvalue weighted by Crippen LogP contribution is 2.27. The van der Waals surface area contributed by atoms with E-state index in [0.29, 0.717) is 12.2 Å². The molecule has 0 bridgehead atoms. The number of aromatic amines is 1. The molecule has 0 aliphatic heterocycles. The third-order valence-corrected chi connectivity index (χ3v) is 4.41. The summed E-state index contributed by atoms with van der Waals surface area (Å²) in [6.45, 7) is 7.97. The van der Waals surface area contributed by atoms with Gasteiger partial charge in [-0.1, -0.05) is 12.1 Å². The van der Waals surface area contributed by atoms with Gasteiger partial charge in [0.1, 0.15) is 11.4 Å². The molecule has 0 radical (unpaired) electrons. The Morgan fingerprint density at radius 2 is 1.81 bits per heavy atom. The molecule has 0 spiro atoms. The van der Waals surface area contributed by atoms with Crippen LogP contribution in [0.4, 0.5) is 13.6 Å². The van der Waals surface area contributed by atoms with Crippen LogP contribution in [0.3, 0.4) is 0 Å². The van der Waals surface area contributed by atoms with Crippen LogP contribution in [0.25, 0.3) is 11.0 Å². The summed E-state index contributed by atoms with van der Waals surface area (Å²) in [6, 6.07) is 7.79. The van der Waals surface area contributed by atoms with E-state index in [1.807, 2.05) is 30.5 Å². The number of H-pyrrole nitrogens is 1. The molecule has 1 atom stereocenters. The van der Waals surface area contributed by atoms with Crippen LogP contribution in [0, 0.1) is 20.8 Å². The molecule has 0 amide bonds. The first-order chi connectivity index (χ1) is 12.1. The Morgan fingerprint density at radius 3 is 2.42 bits per heavy atom. The van der Waals surface area contributed by atoms with Crippen LogP contribution in [0.5, 0.6) is 0 Å². The van der Waals surface area contributed by atoms with Crippen LogP contribution >= 0.6 is 0 Å². The summed E-state index contributed by atoms with van der Waals surface area (Å²) >= 11 is 0. The zero-order valence-corrected chi connectivity index (χ0v) is 15.1. The van der Waals surface area contributed by atoms with E-state index in [-0.39, 0.29) is 0 Å². The number of imidazole rings is 1. The van der Waals surface area contributed by atoms with Crippen LogP contribution in [-0.2, 0) is 12.0 Å². The molecule has 1 aromatic carbocycles. The fourth-order valence-corrected chi connectivity index (χ4v) is 2.68. The first-order valence-electron chi connectivity index (χ1n) is 8.06. The van der Waals surface area contributed by atoms with Gasteiger partial charge in [-0.25, -0.2) is 9.78 Å². The lowest BCUT2D eigenvalue weighted by Crippen LogP contribution is -2.27. The summed E-state index contributed by atoms with van der Waals surface area (Å²) in [7, 11) is 0. The van der Waals surface area contributed by atoms with Gasteiger partial charge in [0.25, 0.3) is 0 Å². The highest BCUT2D eigenvalue weighted by molar-refractivity contribution is 5.74. The molecule has 26 heavy (non-hydrogen) atoms. The Labute approximate surface area is 150 Å². The van der Waals surface area contributed by atoms with Crippen LogP contribution in [-0.4, -0.2) is 26.3 Å². The van der Waals surface area contributed by atoms with Gasteiger partial charge in [-0.05, 0) is 56.5 Å². The minimum Gasteiger partial charge on any atom is -0.382 e. The van der Waals surface area contributed by atoms with E-state index in [4.69, 9.17) is 4.79 Å². The second kappa shape index (κ2) is 7.70. The molecule has 2 N–H and O–H groups in total. The number of aryl methyl sites for hydroxylation is 1. The Balaban J connectivity index is 0.000000552. The number of halogens is 2. The third-order valence-electron chi connectivity index (χ3n) is 4.41. The van der Waals surface area contributed by atoms with Crippen LogP contribution in [0.15, 0.2) is 30.5 Å². The van der Waals surface area contributed by atoms with E-state index in [1.54, 1.807) is 6.92 Å². The van der Waals surface area contributed by atoms with Gasteiger partial charge in [0.2, 0.25) is 0 Å². The number of nitrogens with zero attached hydrogens (tertiary/aromatic N) is 2. The smallest absolute Gasteiger partial charge is 0.382 e. The van der Waals surface area contributed by atoms with E-state index in [0.717, 1.165) is 22.3 Å². The lowest BCUT2D eigenvalue weighted by Gasteiger charge is -2.22. The van der Waals surface area contributed by atoms with Gasteiger partial charge in [-0.15, -0.1) is 8.78 Å². The number of aliphatic hydroxyl groups is 1. The second-order valence-corrected chi connectivity index (χ2v) is 6.42. The minimum absolute atomic E-state index is 0.430. The monoisotopic (exact) mass is 361 g/mol. The molecule has 2 heterocycles. The van der Waals surface area contributed by atoms with E-state index in [1.165, 1.54) is 11.1 Å². The Hall–Kier alpha value is -2.67. The van der Waals surface area contributed by atoms with Crippen molar-refractivity contribution in [2.75, 3.05) is 0 Å². The zero-order chi connectivity index (χ0) is 19.5. The molecule has 0 aliphatic rings. The number of aromatic nitrogens is 3. The summed E-state index contributed by atoms with van der Waals surface area (Å²) in [6.07, 6.45) is -0.536. The van der Waals surface area contributed by atoms with Crippen LogP contribution in [0.2, 0.25) is 0 Å². The SMILES string of the molecule is Cc1cnc(CC(C)(O)c2nc3ccccc3[nH]2)c(C)c1C.O=C(F)F. The maximum Gasteiger partial charge on any atom is 0.483 e. The maximum absolute atomic E-state index is 10.9. The second-order valence-electron chi connectivity index (χ2n) is 6.42. The van der Waals surface area contributed by atoms with Crippen molar-refractivity contribution >= 4 is 17.3 Å². The van der Waals surface area contributed by atoms with Crippen molar-refractivity contribution in [1.82, 2.24) is 15.0 Å². The van der Waals surface area contributed by atoms with Crippen molar-refractivity contribution in [2.45, 2.75) is 39.7 Å². The molecule has 5 nitrogen and oxygen atoms in total. The molecule has 2 aromatic heterocycles. The summed E-state index contributed by atoms with van der Waals surface area (Å²) < 4.78 is 19.4. The van der Waals surface area contributed by atoms with Crippen molar-refractivity contribution in [3.05, 3.63) is 58.7 Å². The van der Waals surface area contributed by atoms with Crippen LogP contribution < -0.4 is 0 Å². The van der Waals surface area contributed by atoms with Gasteiger partial charge in [0, 0.05) is 18.3 Å². The predicted octanol–water partition coefficient (Wildman–Crippen LogP) is 4.38. The Morgan fingerprint density at radius 1 is 1.19 bits per heavy atom. The van der Waals surface area contributed by atoms with E-state index in [9.17, 15) is 13.9 Å². The van der Waals surface area contributed by atoms with Crippen LogP contribution in [0.1, 0.15) is 35.1 Å². The largest absolute Gasteiger partial charge is 0.483 e. The minimum atomic E-state index is -2.83. The predicted molar refractivity (Wildman–Crippen MR) is 95.4 cm³/mol. The van der Waals surface area contributed by atoms with Gasteiger partial charge in [0.15, 0.2) is 0 Å². The molecule has 0 aliphatic carbocycles. The fraction of sp³-hybridized carbons (Fsp3) is 0.316. The number of rotatable bonds is 3. The van der Waals surface area contributed by atoms with Gasteiger partial charge in [-0.2, -0.15) is 0 Å². The topological polar surface area (TPSA) is 78.9 Å². The molecule has 3 aromatic rings. The van der Waals surface area contributed by atoms with Crippen molar-refractivity contribution in [2.24, 2.45) is 0 Å². The summed E-state index contributed by atoms with van der Waals surface area (Å²) in [5, 5.41) is 10.9. The van der Waals surface area contributed by atoms with Crippen molar-refractivity contribution < 1.29 is 18.7 Å².